The number of urea groups is 1. The van der Waals surface area contributed by atoms with Gasteiger partial charge in [-0.2, -0.15) is 0 Å². The number of primary amides is 1. The van der Waals surface area contributed by atoms with Crippen molar-refractivity contribution < 1.29 is 61.0 Å². The number of likely N-dealkylation sites (tertiary alicyclic amines) is 1. The fourth-order valence-electron chi connectivity index (χ4n) is 11.8. The van der Waals surface area contributed by atoms with E-state index in [4.69, 9.17) is 15.2 Å². The zero-order chi connectivity index (χ0) is 71.6. The van der Waals surface area contributed by atoms with Gasteiger partial charge in [0.25, 0.3) is 0 Å². The smallest absolute Gasteiger partial charge is 0.312 e. The van der Waals surface area contributed by atoms with E-state index >= 15 is 0 Å². The molecule has 0 bridgehead atoms. The normalized spacial score (nSPS) is 16.3. The Hall–Kier alpha value is -8.13. The summed E-state index contributed by atoms with van der Waals surface area (Å²) in [4.78, 5) is 141. The van der Waals surface area contributed by atoms with Gasteiger partial charge in [-0.25, -0.2) is 23.2 Å². The molecule has 0 unspecified atom stereocenters. The Kier molecular flexibility index (Phi) is 32.8. The van der Waals surface area contributed by atoms with Gasteiger partial charge in [-0.1, -0.05) is 98.8 Å². The van der Waals surface area contributed by atoms with Crippen molar-refractivity contribution in [2.75, 3.05) is 60.0 Å². The lowest BCUT2D eigenvalue weighted by Gasteiger charge is -2.41. The van der Waals surface area contributed by atoms with Crippen LogP contribution >= 0.6 is 0 Å². The van der Waals surface area contributed by atoms with Gasteiger partial charge in [0.15, 0.2) is 0 Å². The number of hydrogen-bond acceptors (Lipinski definition) is 17. The third-order valence-corrected chi connectivity index (χ3v) is 18.0. The summed E-state index contributed by atoms with van der Waals surface area (Å²) < 4.78 is 35.5. The number of sulfone groups is 1. The van der Waals surface area contributed by atoms with Crippen molar-refractivity contribution >= 4 is 68.8 Å². The molecule has 1 aromatic carbocycles. The molecule has 11 atom stereocenters. The van der Waals surface area contributed by atoms with E-state index in [2.05, 4.69) is 64.0 Å². The number of rotatable bonds is 37. The van der Waals surface area contributed by atoms with Crippen molar-refractivity contribution in [3.8, 4) is 11.8 Å². The molecule has 27 nitrogen and oxygen atoms in total. The van der Waals surface area contributed by atoms with Crippen LogP contribution in [0.2, 0.25) is 0 Å². The summed E-state index contributed by atoms with van der Waals surface area (Å²) in [7, 11) is 4.80. The standard InChI is InChI=1S/C68H104N14O13S/c1-16-44(8)59(81(12)66(90)57(42(4)5)79-65(89)58(43(6)7)80(10)11)53(94-13)37-55(84)82-35-23-27-52(82)60(95-14)45(9)61(85)77-51(36-49-25-20-21-33-70-49)62(86)72-38-46-29-31-48(32-30-46)75-63(87)50(26-22-34-71-67(69)91)76-64(88)56(41(2)3)78-54(83)28-19-17-18-24-47-39-73-68(74-40-47)96(15,92)93/h20-21,25,29-33,39-45,50-53,56-60H,16-17,19,22-23,26-28,34-38H2,1-15H3,(H,72,86)(H,75,87)(H,76,88)(H,77,85)(H,78,83)(H,79,89)(H3,69,71,91)/t44-,45+,50-,51-,52-,53+,56-,57-,58-,59-,60+/m0/s1. The van der Waals surface area contributed by atoms with Crippen LogP contribution in [0.1, 0.15) is 137 Å². The van der Waals surface area contributed by atoms with Crippen LogP contribution < -0.4 is 43.0 Å². The zero-order valence-electron chi connectivity index (χ0n) is 58.5. The molecular formula is C68H104N14O13S. The Bertz CT molecular complexity index is 3230. The summed E-state index contributed by atoms with van der Waals surface area (Å²) >= 11 is 0. The summed E-state index contributed by atoms with van der Waals surface area (Å²) in [5, 5.41) is 19.4. The molecule has 96 heavy (non-hydrogen) atoms. The van der Waals surface area contributed by atoms with Gasteiger partial charge in [0.1, 0.15) is 24.2 Å². The number of ether oxygens (including phenoxy) is 2. The van der Waals surface area contributed by atoms with Crippen molar-refractivity contribution in [1.29, 1.82) is 0 Å². The number of aromatic nitrogens is 3. The number of nitrogens with zero attached hydrogens (tertiary/aromatic N) is 6. The molecule has 9 N–H and O–H groups in total. The van der Waals surface area contributed by atoms with Gasteiger partial charge in [-0.05, 0) is 99.7 Å². The lowest BCUT2D eigenvalue weighted by atomic mass is 9.89. The highest BCUT2D eigenvalue weighted by atomic mass is 32.2. The maximum Gasteiger partial charge on any atom is 0.312 e. The number of amides is 10. The second-order valence-corrected chi connectivity index (χ2v) is 27.8. The zero-order valence-corrected chi connectivity index (χ0v) is 59.3. The molecule has 0 radical (unpaired) electrons. The topological polar surface area (TPSA) is 365 Å². The molecule has 0 spiro atoms. The van der Waals surface area contributed by atoms with E-state index in [0.29, 0.717) is 61.2 Å². The molecule has 1 aliphatic rings. The fourth-order valence-corrected chi connectivity index (χ4v) is 12.3. The molecule has 10 amide bonds. The van der Waals surface area contributed by atoms with Gasteiger partial charge < -0.3 is 62.2 Å². The molecule has 3 heterocycles. The summed E-state index contributed by atoms with van der Waals surface area (Å²) in [5.41, 5.74) is 7.20. The molecule has 0 aliphatic carbocycles. The number of carbonyl (C=O) groups is 9. The molecule has 2 aromatic heterocycles. The quantitative estimate of drug-likeness (QED) is 0.0233. The van der Waals surface area contributed by atoms with Crippen LogP contribution in [0.4, 0.5) is 10.5 Å². The number of nitrogens with one attached hydrogen (secondary N) is 7. The first-order chi connectivity index (χ1) is 45.3. The van der Waals surface area contributed by atoms with Crippen LogP contribution in [0.15, 0.2) is 66.2 Å². The van der Waals surface area contributed by atoms with E-state index in [1.165, 1.54) is 26.6 Å². The summed E-state index contributed by atoms with van der Waals surface area (Å²) in [5.74, 6) is 0.738. The summed E-state index contributed by atoms with van der Waals surface area (Å²) in [6.45, 7) is 17.4. The van der Waals surface area contributed by atoms with Gasteiger partial charge in [-0.3, -0.25) is 48.2 Å². The molecular weight excluding hydrogens is 1250 g/mol. The molecule has 0 saturated carbocycles. The molecule has 3 aromatic rings. The minimum atomic E-state index is -3.56. The third kappa shape index (κ3) is 24.8. The largest absolute Gasteiger partial charge is 0.379 e. The van der Waals surface area contributed by atoms with E-state index < -0.39 is 106 Å². The number of unbranched alkanes of at least 4 members (excludes halogenated alkanes) is 1. The van der Waals surface area contributed by atoms with Crippen LogP contribution in [0.3, 0.4) is 0 Å². The number of nitrogens with two attached hydrogens (primary N) is 1. The number of methoxy groups -OCH3 is 2. The molecule has 1 saturated heterocycles. The van der Waals surface area contributed by atoms with Gasteiger partial charge in [-0.15, -0.1) is 0 Å². The van der Waals surface area contributed by atoms with Gasteiger partial charge in [0.05, 0.1) is 48.2 Å². The van der Waals surface area contributed by atoms with Crippen molar-refractivity contribution in [2.24, 2.45) is 35.3 Å². The fraction of sp³-hybridized carbons (Fsp3) is 0.618. The number of hydrogen-bond donors (Lipinski definition) is 8. The number of carbonyl (C=O) groups excluding carboxylic acids is 9. The Morgan fingerprint density at radius 2 is 1.41 bits per heavy atom. The summed E-state index contributed by atoms with van der Waals surface area (Å²) in [6.07, 6.45) is 6.49. The van der Waals surface area contributed by atoms with E-state index in [9.17, 15) is 51.6 Å². The minimum Gasteiger partial charge on any atom is -0.379 e. The number of pyridine rings is 1. The average Bonchev–Trinajstić information content (AvgIpc) is 1.89. The van der Waals surface area contributed by atoms with Crippen LogP contribution in [-0.4, -0.2) is 201 Å². The van der Waals surface area contributed by atoms with E-state index in [0.717, 1.165) is 6.26 Å². The minimum absolute atomic E-state index is 0.00972. The number of benzene rings is 1. The molecule has 4 rings (SSSR count). The van der Waals surface area contributed by atoms with E-state index in [1.807, 2.05) is 60.5 Å². The lowest BCUT2D eigenvalue weighted by Crippen LogP contribution is -2.59. The number of anilines is 1. The highest BCUT2D eigenvalue weighted by molar-refractivity contribution is 7.90. The number of likely N-dealkylation sites (N-methyl/N-ethyl adjacent to an activating group) is 2. The SMILES string of the molecule is CC[C@H](C)[C@@H]([C@@H](CC(=O)N1CCC[C@H]1[C@H](OC)[C@@H](C)C(=O)N[C@@H](Cc1ccccn1)C(=O)NCc1ccc(NC(=O)[C@H](CCCNC(N)=O)NC(=O)[C@@H](NC(=O)CCCC#Cc2cnc(S(C)(=O)=O)nc2)C(C)C)cc1)OC)N(C)C(=O)[C@@H](NC(=O)[C@H](C(C)C)N(C)C)C(C)C. The Labute approximate surface area is 566 Å². The maximum absolute atomic E-state index is 14.6. The molecule has 530 valence electrons. The van der Waals surface area contributed by atoms with Crippen LogP contribution in [-0.2, 0) is 70.6 Å². The van der Waals surface area contributed by atoms with Crippen molar-refractivity contribution in [3.63, 3.8) is 0 Å². The molecule has 28 heteroatoms. The van der Waals surface area contributed by atoms with Gasteiger partial charge in [0, 0.05) is 96.4 Å². The first-order valence-electron chi connectivity index (χ1n) is 32.9. The third-order valence-electron chi connectivity index (χ3n) is 17.2. The first kappa shape index (κ1) is 80.3. The van der Waals surface area contributed by atoms with Crippen LogP contribution in [0.25, 0.3) is 0 Å². The highest BCUT2D eigenvalue weighted by Crippen LogP contribution is 2.30. The first-order valence-corrected chi connectivity index (χ1v) is 34.8. The Morgan fingerprint density at radius 1 is 0.750 bits per heavy atom. The van der Waals surface area contributed by atoms with E-state index in [1.54, 1.807) is 86.3 Å². The second kappa shape index (κ2) is 39.2. The predicted molar refractivity (Wildman–Crippen MR) is 363 cm³/mol. The Balaban J connectivity index is 1.43. The maximum atomic E-state index is 14.6. The Morgan fingerprint density at radius 3 is 1.97 bits per heavy atom. The van der Waals surface area contributed by atoms with Crippen molar-refractivity contribution in [2.45, 2.75) is 193 Å². The van der Waals surface area contributed by atoms with Crippen molar-refractivity contribution in [1.82, 2.24) is 61.6 Å². The lowest BCUT2D eigenvalue weighted by molar-refractivity contribution is -0.148. The summed E-state index contributed by atoms with van der Waals surface area (Å²) in [6, 6.07) is 5.52. The average molecular weight is 1360 g/mol. The van der Waals surface area contributed by atoms with Gasteiger partial charge >= 0.3 is 6.03 Å². The van der Waals surface area contributed by atoms with Crippen LogP contribution in [0.5, 0.6) is 0 Å². The highest BCUT2D eigenvalue weighted by Gasteiger charge is 2.44. The molecule has 1 fully saturated rings. The predicted octanol–water partition coefficient (Wildman–Crippen LogP) is 3.50. The molecule has 1 aliphatic heterocycles. The van der Waals surface area contributed by atoms with Crippen molar-refractivity contribution in [3.05, 3.63) is 77.9 Å². The van der Waals surface area contributed by atoms with E-state index in [-0.39, 0.29) is 91.7 Å². The van der Waals surface area contributed by atoms with Gasteiger partial charge in [0.2, 0.25) is 62.3 Å². The monoisotopic (exact) mass is 1360 g/mol. The second-order valence-electron chi connectivity index (χ2n) is 25.9. The van der Waals surface area contributed by atoms with Crippen LogP contribution in [0, 0.1) is 41.4 Å².